The lowest BCUT2D eigenvalue weighted by atomic mass is 9.89. The number of rotatable bonds is 8. The van der Waals surface area contributed by atoms with Gasteiger partial charge in [0.1, 0.15) is 0 Å². The van der Waals surface area contributed by atoms with E-state index in [0.717, 1.165) is 38.3 Å². The summed E-state index contributed by atoms with van der Waals surface area (Å²) in [6.45, 7) is 14.4. The van der Waals surface area contributed by atoms with Crippen molar-refractivity contribution in [2.45, 2.75) is 51.5 Å². The highest BCUT2D eigenvalue weighted by atomic mass is 16.5. The van der Waals surface area contributed by atoms with Gasteiger partial charge in [0, 0.05) is 37.8 Å². The van der Waals surface area contributed by atoms with Crippen molar-refractivity contribution in [2.75, 3.05) is 38.7 Å². The summed E-state index contributed by atoms with van der Waals surface area (Å²) in [4.78, 5) is 18.8. The van der Waals surface area contributed by atoms with Gasteiger partial charge in [0.2, 0.25) is 11.8 Å². The number of hydrogen-bond donors (Lipinski definition) is 1. The van der Waals surface area contributed by atoms with Gasteiger partial charge in [-0.3, -0.25) is 20.0 Å². The van der Waals surface area contributed by atoms with Crippen molar-refractivity contribution in [3.8, 4) is 0 Å². The molecule has 0 saturated carbocycles. The summed E-state index contributed by atoms with van der Waals surface area (Å²) >= 11 is 0. The number of carbonyl (C=O) groups excluding carboxylic acids is 1. The third-order valence-electron chi connectivity index (χ3n) is 5.33. The summed E-state index contributed by atoms with van der Waals surface area (Å²) in [5, 5.41) is 6.93. The Hall–Kier alpha value is -1.73. The maximum Gasteiger partial charge on any atom is 0.246 e. The third-order valence-corrected chi connectivity index (χ3v) is 5.33. The zero-order chi connectivity index (χ0) is 19.4. The minimum absolute atomic E-state index is 0.116. The number of aliphatic imine (C=N–C) groups is 1. The second-order valence-corrected chi connectivity index (χ2v) is 8.29. The minimum atomic E-state index is -0.663. The Morgan fingerprint density at radius 2 is 2.04 bits per heavy atom. The van der Waals surface area contributed by atoms with Gasteiger partial charge in [-0.1, -0.05) is 19.0 Å². The van der Waals surface area contributed by atoms with E-state index in [2.05, 4.69) is 27.1 Å². The molecule has 1 aliphatic heterocycles. The quantitative estimate of drug-likeness (QED) is 0.718. The second kappa shape index (κ2) is 8.31. The van der Waals surface area contributed by atoms with Crippen LogP contribution in [0.1, 0.15) is 46.2 Å². The number of aromatic nitrogens is 1. The molecule has 0 atom stereocenters. The van der Waals surface area contributed by atoms with Gasteiger partial charge in [-0.25, -0.2) is 0 Å². The normalized spacial score (nSPS) is 16.7. The van der Waals surface area contributed by atoms with Crippen LogP contribution in [0.5, 0.6) is 0 Å². The molecule has 1 N–H and O–H groups in total. The molecule has 1 amide bonds. The van der Waals surface area contributed by atoms with Gasteiger partial charge >= 0.3 is 0 Å². The Labute approximate surface area is 156 Å². The molecule has 146 valence electrons. The Kier molecular flexibility index (Phi) is 6.58. The van der Waals surface area contributed by atoms with Crippen LogP contribution in [0.3, 0.4) is 0 Å². The van der Waals surface area contributed by atoms with Gasteiger partial charge in [-0.15, -0.1) is 0 Å². The molecular weight excluding hydrogens is 332 g/mol. The van der Waals surface area contributed by atoms with Gasteiger partial charge in [0.25, 0.3) is 0 Å². The summed E-state index contributed by atoms with van der Waals surface area (Å²) in [7, 11) is 1.99. The Morgan fingerprint density at radius 1 is 1.38 bits per heavy atom. The van der Waals surface area contributed by atoms with Gasteiger partial charge in [-0.05, 0) is 46.4 Å². The highest BCUT2D eigenvalue weighted by Crippen LogP contribution is 2.26. The van der Waals surface area contributed by atoms with E-state index in [4.69, 9.17) is 9.26 Å². The number of nitrogens with one attached hydrogen (secondary N) is 1. The Bertz CT molecular complexity index is 618. The number of carbonyl (C=O) groups is 1. The summed E-state index contributed by atoms with van der Waals surface area (Å²) in [6, 6.07) is 1.76. The molecule has 0 aliphatic carbocycles. The van der Waals surface area contributed by atoms with Crippen LogP contribution >= 0.6 is 0 Å². The summed E-state index contributed by atoms with van der Waals surface area (Å²) in [5.74, 6) is 0.800. The average Bonchev–Trinajstić information content (AvgIpc) is 3.05. The molecule has 7 nitrogen and oxygen atoms in total. The Morgan fingerprint density at radius 3 is 2.65 bits per heavy atom. The molecule has 1 aromatic rings. The highest BCUT2D eigenvalue weighted by molar-refractivity contribution is 5.96. The van der Waals surface area contributed by atoms with Crippen molar-refractivity contribution in [2.24, 2.45) is 10.9 Å². The molecule has 2 rings (SSSR count). The first-order chi connectivity index (χ1) is 12.2. The molecule has 2 heterocycles. The molecule has 1 saturated heterocycles. The molecule has 1 aliphatic rings. The number of hydrogen-bond acceptors (Lipinski definition) is 6. The fourth-order valence-electron chi connectivity index (χ4n) is 3.00. The van der Waals surface area contributed by atoms with Crippen LogP contribution in [-0.2, 0) is 14.9 Å². The van der Waals surface area contributed by atoms with E-state index in [9.17, 15) is 4.79 Å². The predicted molar refractivity (Wildman–Crippen MR) is 103 cm³/mol. The molecular formula is C19H32N4O3. The standard InChI is InChI=1S/C19H32N4O3/c1-18(2,13-20-5)15-11-16(26-22-15)21-17(24)19(3,4)23(6)12-14-7-9-25-10-8-14/h11,14H,5,7-10,12-13H2,1-4,6H3,(H,21,24). The number of likely N-dealkylation sites (N-methyl/N-ethyl adjacent to an activating group) is 1. The number of anilines is 1. The largest absolute Gasteiger partial charge is 0.381 e. The van der Waals surface area contributed by atoms with Crippen molar-refractivity contribution in [3.05, 3.63) is 11.8 Å². The lowest BCUT2D eigenvalue weighted by Gasteiger charge is -2.37. The smallest absolute Gasteiger partial charge is 0.246 e. The molecule has 1 fully saturated rings. The third kappa shape index (κ3) is 4.92. The SMILES string of the molecule is C=NCC(C)(C)c1cc(NC(=O)C(C)(C)N(C)CC2CCOCC2)on1. The van der Waals surface area contributed by atoms with Gasteiger partial charge < -0.3 is 9.26 Å². The Balaban J connectivity index is 1.98. The first-order valence-electron chi connectivity index (χ1n) is 9.17. The van der Waals surface area contributed by atoms with E-state index in [1.54, 1.807) is 6.07 Å². The van der Waals surface area contributed by atoms with E-state index in [1.165, 1.54) is 0 Å². The molecule has 26 heavy (non-hydrogen) atoms. The van der Waals surface area contributed by atoms with Crippen molar-refractivity contribution in [1.29, 1.82) is 0 Å². The molecule has 7 heteroatoms. The lowest BCUT2D eigenvalue weighted by molar-refractivity contribution is -0.126. The molecule has 0 unspecified atom stereocenters. The fourth-order valence-corrected chi connectivity index (χ4v) is 3.00. The molecule has 0 radical (unpaired) electrons. The summed E-state index contributed by atoms with van der Waals surface area (Å²) < 4.78 is 10.7. The zero-order valence-corrected chi connectivity index (χ0v) is 16.7. The van der Waals surface area contributed by atoms with Gasteiger partial charge in [0.05, 0.1) is 11.2 Å². The van der Waals surface area contributed by atoms with E-state index >= 15 is 0 Å². The van der Waals surface area contributed by atoms with Crippen LogP contribution in [-0.4, -0.2) is 61.6 Å². The first-order valence-corrected chi connectivity index (χ1v) is 9.17. The molecule has 0 spiro atoms. The number of ether oxygens (including phenoxy) is 1. The van der Waals surface area contributed by atoms with E-state index in [0.29, 0.717) is 18.3 Å². The number of amides is 1. The molecule has 0 bridgehead atoms. The topological polar surface area (TPSA) is 80.0 Å². The van der Waals surface area contributed by atoms with Crippen molar-refractivity contribution < 1.29 is 14.1 Å². The fraction of sp³-hybridized carbons (Fsp3) is 0.737. The maximum atomic E-state index is 12.8. The van der Waals surface area contributed by atoms with Crippen molar-refractivity contribution >= 4 is 18.5 Å². The second-order valence-electron chi connectivity index (χ2n) is 8.29. The van der Waals surface area contributed by atoms with Crippen LogP contribution in [0, 0.1) is 5.92 Å². The van der Waals surface area contributed by atoms with Crippen molar-refractivity contribution in [1.82, 2.24) is 10.1 Å². The van der Waals surface area contributed by atoms with Crippen LogP contribution in [0.15, 0.2) is 15.6 Å². The van der Waals surface area contributed by atoms with Gasteiger partial charge in [-0.2, -0.15) is 0 Å². The zero-order valence-electron chi connectivity index (χ0n) is 16.7. The lowest BCUT2D eigenvalue weighted by Crippen LogP contribution is -2.52. The van der Waals surface area contributed by atoms with Crippen LogP contribution < -0.4 is 5.32 Å². The number of nitrogens with zero attached hydrogens (tertiary/aromatic N) is 3. The van der Waals surface area contributed by atoms with Gasteiger partial charge in [0.15, 0.2) is 0 Å². The monoisotopic (exact) mass is 364 g/mol. The van der Waals surface area contributed by atoms with Crippen LogP contribution in [0.25, 0.3) is 0 Å². The van der Waals surface area contributed by atoms with Crippen LogP contribution in [0.2, 0.25) is 0 Å². The molecule has 0 aromatic carbocycles. The van der Waals surface area contributed by atoms with E-state index in [1.807, 2.05) is 34.7 Å². The first kappa shape index (κ1) is 20.6. The summed E-state index contributed by atoms with van der Waals surface area (Å²) in [5.41, 5.74) is -0.207. The maximum absolute atomic E-state index is 12.8. The predicted octanol–water partition coefficient (Wildman–Crippen LogP) is 2.73. The minimum Gasteiger partial charge on any atom is -0.381 e. The average molecular weight is 364 g/mol. The summed E-state index contributed by atoms with van der Waals surface area (Å²) in [6.07, 6.45) is 2.08. The highest BCUT2D eigenvalue weighted by Gasteiger charge is 2.35. The van der Waals surface area contributed by atoms with E-state index in [-0.39, 0.29) is 11.3 Å². The van der Waals surface area contributed by atoms with Crippen molar-refractivity contribution in [3.63, 3.8) is 0 Å². The van der Waals surface area contributed by atoms with Crippen LogP contribution in [0.4, 0.5) is 5.88 Å². The molecule has 1 aromatic heterocycles. The van der Waals surface area contributed by atoms with E-state index < -0.39 is 5.54 Å².